The summed E-state index contributed by atoms with van der Waals surface area (Å²) in [5.74, 6) is 0.493. The Morgan fingerprint density at radius 2 is 1.67 bits per heavy atom. The number of rotatable bonds is 5. The molecule has 1 aliphatic heterocycles. The topological polar surface area (TPSA) is 48.9 Å². The van der Waals surface area contributed by atoms with E-state index in [1.807, 2.05) is 17.0 Å². The fourth-order valence-electron chi connectivity index (χ4n) is 3.02. The number of halogens is 1. The maximum absolute atomic E-state index is 14.5. The molecular formula is C21H27FN4O. The standard InChI is InChI=1S/C21H27FN4O/c1-16-3-5-17(6-4-16)14-24-21(23-2)25-15-18-7-8-20(19(22)13-18)26-9-11-27-12-10-26/h3-8,13H,9-12,14-15H2,1-2H3,(H2,23,24,25). The molecule has 0 radical (unpaired) electrons. The summed E-state index contributed by atoms with van der Waals surface area (Å²) in [5.41, 5.74) is 3.94. The first-order valence-corrected chi connectivity index (χ1v) is 9.27. The molecule has 144 valence electrons. The average Bonchev–Trinajstić information content (AvgIpc) is 2.70. The van der Waals surface area contributed by atoms with Gasteiger partial charge in [-0.2, -0.15) is 0 Å². The Balaban J connectivity index is 1.53. The molecular weight excluding hydrogens is 343 g/mol. The molecule has 0 bridgehead atoms. The monoisotopic (exact) mass is 370 g/mol. The van der Waals surface area contributed by atoms with Crippen LogP contribution in [0, 0.1) is 12.7 Å². The minimum absolute atomic E-state index is 0.196. The normalized spacial score (nSPS) is 14.9. The zero-order chi connectivity index (χ0) is 19.1. The van der Waals surface area contributed by atoms with Crippen LogP contribution >= 0.6 is 0 Å². The van der Waals surface area contributed by atoms with Crippen molar-refractivity contribution in [3.63, 3.8) is 0 Å². The van der Waals surface area contributed by atoms with E-state index < -0.39 is 0 Å². The second kappa shape index (κ2) is 9.37. The Labute approximate surface area is 160 Å². The van der Waals surface area contributed by atoms with Crippen molar-refractivity contribution in [2.45, 2.75) is 20.0 Å². The Morgan fingerprint density at radius 1 is 1.04 bits per heavy atom. The van der Waals surface area contributed by atoms with Crippen molar-refractivity contribution < 1.29 is 9.13 Å². The molecule has 0 aliphatic carbocycles. The molecule has 1 saturated heterocycles. The van der Waals surface area contributed by atoms with Crippen molar-refractivity contribution in [2.24, 2.45) is 4.99 Å². The van der Waals surface area contributed by atoms with E-state index in [0.717, 1.165) is 18.7 Å². The van der Waals surface area contributed by atoms with Gasteiger partial charge in [-0.3, -0.25) is 4.99 Å². The molecule has 1 heterocycles. The number of nitrogens with one attached hydrogen (secondary N) is 2. The zero-order valence-corrected chi connectivity index (χ0v) is 16.0. The maximum Gasteiger partial charge on any atom is 0.191 e. The van der Waals surface area contributed by atoms with Crippen LogP contribution in [0.3, 0.4) is 0 Å². The lowest BCUT2D eigenvalue weighted by molar-refractivity contribution is 0.122. The van der Waals surface area contributed by atoms with Crippen LogP contribution in [0.4, 0.5) is 10.1 Å². The summed E-state index contributed by atoms with van der Waals surface area (Å²) < 4.78 is 19.8. The van der Waals surface area contributed by atoms with E-state index in [1.165, 1.54) is 11.1 Å². The highest BCUT2D eigenvalue weighted by atomic mass is 19.1. The Kier molecular flexibility index (Phi) is 6.65. The number of hydrogen-bond acceptors (Lipinski definition) is 3. The van der Waals surface area contributed by atoms with E-state index in [2.05, 4.69) is 46.8 Å². The van der Waals surface area contributed by atoms with Gasteiger partial charge in [0.1, 0.15) is 5.82 Å². The number of benzene rings is 2. The number of morpholine rings is 1. The molecule has 3 rings (SSSR count). The van der Waals surface area contributed by atoms with Crippen LogP contribution in [-0.4, -0.2) is 39.3 Å². The van der Waals surface area contributed by atoms with E-state index in [-0.39, 0.29) is 5.82 Å². The van der Waals surface area contributed by atoms with Crippen molar-refractivity contribution in [3.05, 3.63) is 65.0 Å². The van der Waals surface area contributed by atoms with Gasteiger partial charge in [-0.05, 0) is 30.2 Å². The fraction of sp³-hybridized carbons (Fsp3) is 0.381. The third-order valence-corrected chi connectivity index (χ3v) is 4.63. The molecule has 0 saturated carbocycles. The number of aliphatic imine (C=N–C) groups is 1. The Bertz CT molecular complexity index is 770. The third kappa shape index (κ3) is 5.44. The Hall–Kier alpha value is -2.60. The minimum atomic E-state index is -0.196. The first-order chi connectivity index (χ1) is 13.2. The minimum Gasteiger partial charge on any atom is -0.378 e. The van der Waals surface area contributed by atoms with E-state index in [9.17, 15) is 4.39 Å². The van der Waals surface area contributed by atoms with E-state index in [4.69, 9.17) is 4.74 Å². The SMILES string of the molecule is CN=C(NCc1ccc(C)cc1)NCc1ccc(N2CCOCC2)c(F)c1. The first-order valence-electron chi connectivity index (χ1n) is 9.27. The van der Waals surface area contributed by atoms with Crippen molar-refractivity contribution in [1.29, 1.82) is 0 Å². The van der Waals surface area contributed by atoms with Crippen LogP contribution in [0.15, 0.2) is 47.5 Å². The molecule has 0 aromatic heterocycles. The van der Waals surface area contributed by atoms with Gasteiger partial charge in [-0.15, -0.1) is 0 Å². The number of nitrogens with zero attached hydrogens (tertiary/aromatic N) is 2. The summed E-state index contributed by atoms with van der Waals surface area (Å²) in [6.07, 6.45) is 0. The molecule has 2 aromatic carbocycles. The molecule has 2 N–H and O–H groups in total. The number of hydrogen-bond donors (Lipinski definition) is 2. The number of anilines is 1. The first kappa shape index (κ1) is 19.2. The van der Waals surface area contributed by atoms with Crippen molar-refractivity contribution in [1.82, 2.24) is 10.6 Å². The molecule has 27 heavy (non-hydrogen) atoms. The van der Waals surface area contributed by atoms with Gasteiger partial charge in [0.2, 0.25) is 0 Å². The van der Waals surface area contributed by atoms with E-state index >= 15 is 0 Å². The van der Waals surface area contributed by atoms with Crippen molar-refractivity contribution >= 4 is 11.6 Å². The van der Waals surface area contributed by atoms with Gasteiger partial charge in [0.25, 0.3) is 0 Å². The van der Waals surface area contributed by atoms with Gasteiger partial charge in [0.05, 0.1) is 18.9 Å². The van der Waals surface area contributed by atoms with E-state index in [0.29, 0.717) is 38.0 Å². The predicted octanol–water partition coefficient (Wildman–Crippen LogP) is 2.84. The van der Waals surface area contributed by atoms with Crippen LogP contribution in [-0.2, 0) is 17.8 Å². The number of ether oxygens (including phenoxy) is 1. The summed E-state index contributed by atoms with van der Waals surface area (Å²) in [5, 5.41) is 6.51. The highest BCUT2D eigenvalue weighted by molar-refractivity contribution is 5.79. The summed E-state index contributed by atoms with van der Waals surface area (Å²) in [7, 11) is 1.73. The molecule has 0 atom stereocenters. The van der Waals surface area contributed by atoms with Gasteiger partial charge in [0, 0.05) is 33.2 Å². The van der Waals surface area contributed by atoms with Gasteiger partial charge in [0.15, 0.2) is 5.96 Å². The van der Waals surface area contributed by atoms with Crippen LogP contribution in [0.1, 0.15) is 16.7 Å². The second-order valence-electron chi connectivity index (χ2n) is 6.65. The quantitative estimate of drug-likeness (QED) is 0.628. The summed E-state index contributed by atoms with van der Waals surface area (Å²) in [4.78, 5) is 6.25. The van der Waals surface area contributed by atoms with Gasteiger partial charge in [-0.25, -0.2) is 4.39 Å². The summed E-state index contributed by atoms with van der Waals surface area (Å²) in [6, 6.07) is 13.8. The molecule has 0 spiro atoms. The second-order valence-corrected chi connectivity index (χ2v) is 6.65. The maximum atomic E-state index is 14.5. The van der Waals surface area contributed by atoms with Crippen molar-refractivity contribution in [3.8, 4) is 0 Å². The van der Waals surface area contributed by atoms with Crippen LogP contribution in [0.2, 0.25) is 0 Å². The highest BCUT2D eigenvalue weighted by Crippen LogP contribution is 2.21. The largest absolute Gasteiger partial charge is 0.378 e. The van der Waals surface area contributed by atoms with Crippen LogP contribution in [0.5, 0.6) is 0 Å². The van der Waals surface area contributed by atoms with Gasteiger partial charge < -0.3 is 20.3 Å². The molecule has 5 nitrogen and oxygen atoms in total. The number of aryl methyl sites for hydroxylation is 1. The highest BCUT2D eigenvalue weighted by Gasteiger charge is 2.15. The summed E-state index contributed by atoms with van der Waals surface area (Å²) in [6.45, 7) is 6.00. The molecule has 0 amide bonds. The van der Waals surface area contributed by atoms with Gasteiger partial charge in [-0.1, -0.05) is 35.9 Å². The molecule has 1 fully saturated rings. The summed E-state index contributed by atoms with van der Waals surface area (Å²) >= 11 is 0. The zero-order valence-electron chi connectivity index (χ0n) is 16.0. The third-order valence-electron chi connectivity index (χ3n) is 4.63. The van der Waals surface area contributed by atoms with Crippen LogP contribution in [0.25, 0.3) is 0 Å². The lowest BCUT2D eigenvalue weighted by Crippen LogP contribution is -2.37. The smallest absolute Gasteiger partial charge is 0.191 e. The molecule has 2 aromatic rings. The lowest BCUT2D eigenvalue weighted by atomic mass is 10.1. The lowest BCUT2D eigenvalue weighted by Gasteiger charge is -2.29. The Morgan fingerprint density at radius 3 is 2.30 bits per heavy atom. The fourth-order valence-corrected chi connectivity index (χ4v) is 3.02. The van der Waals surface area contributed by atoms with Crippen molar-refractivity contribution in [2.75, 3.05) is 38.3 Å². The average molecular weight is 370 g/mol. The molecule has 6 heteroatoms. The molecule has 0 unspecified atom stereocenters. The number of guanidine groups is 1. The predicted molar refractivity (Wildman–Crippen MR) is 108 cm³/mol. The van der Waals surface area contributed by atoms with Crippen LogP contribution < -0.4 is 15.5 Å². The van der Waals surface area contributed by atoms with Gasteiger partial charge >= 0.3 is 0 Å². The van der Waals surface area contributed by atoms with E-state index in [1.54, 1.807) is 13.1 Å². The molecule has 1 aliphatic rings.